The predicted octanol–water partition coefficient (Wildman–Crippen LogP) is 4.60. The summed E-state index contributed by atoms with van der Waals surface area (Å²) in [5.74, 6) is 1.23. The number of hydrogen-bond acceptors (Lipinski definition) is 8. The summed E-state index contributed by atoms with van der Waals surface area (Å²) in [4.78, 5) is 37.6. The molecule has 1 N–H and O–H groups in total. The minimum absolute atomic E-state index is 0.0163. The molecule has 3 aromatic heterocycles. The summed E-state index contributed by atoms with van der Waals surface area (Å²) in [6, 6.07) is 10.3. The molecule has 0 spiro atoms. The monoisotopic (exact) mass is 474 g/mol. The highest BCUT2D eigenvalue weighted by molar-refractivity contribution is 8.18. The Bertz CT molecular complexity index is 1200. The Labute approximate surface area is 202 Å². The predicted molar refractivity (Wildman–Crippen MR) is 130 cm³/mol. The van der Waals surface area contributed by atoms with Crippen molar-refractivity contribution >= 4 is 28.7 Å². The third kappa shape index (κ3) is 5.69. The number of allylic oxidation sites excluding steroid dienone is 1. The third-order valence-corrected chi connectivity index (χ3v) is 7.26. The summed E-state index contributed by atoms with van der Waals surface area (Å²) in [5.41, 5.74) is 3.64. The quantitative estimate of drug-likeness (QED) is 0.392. The molecule has 0 bridgehead atoms. The molecule has 174 valence electrons. The lowest BCUT2D eigenvalue weighted by Crippen LogP contribution is -2.33. The van der Waals surface area contributed by atoms with Gasteiger partial charge in [0.1, 0.15) is 5.82 Å². The Hall–Kier alpha value is -3.10. The average molecular weight is 475 g/mol. The molecule has 8 heteroatoms. The van der Waals surface area contributed by atoms with Gasteiger partial charge in [0.2, 0.25) is 5.12 Å². The van der Waals surface area contributed by atoms with Gasteiger partial charge in [-0.2, -0.15) is 0 Å². The molecule has 0 amide bonds. The van der Waals surface area contributed by atoms with E-state index in [0.717, 1.165) is 73.2 Å². The first-order chi connectivity index (χ1) is 16.6. The summed E-state index contributed by atoms with van der Waals surface area (Å²) in [5, 5.41) is 3.57. The van der Waals surface area contributed by atoms with Gasteiger partial charge in [0.15, 0.2) is 5.78 Å². The summed E-state index contributed by atoms with van der Waals surface area (Å²) in [6.45, 7) is 0.750. The van der Waals surface area contributed by atoms with E-state index in [-0.39, 0.29) is 17.3 Å². The van der Waals surface area contributed by atoms with E-state index in [1.165, 1.54) is 0 Å². The lowest BCUT2D eigenvalue weighted by Gasteiger charge is -2.29. The first-order valence-corrected chi connectivity index (χ1v) is 12.4. The van der Waals surface area contributed by atoms with Crippen LogP contribution in [0.3, 0.4) is 0 Å². The van der Waals surface area contributed by atoms with Crippen LogP contribution >= 0.6 is 11.8 Å². The Morgan fingerprint density at radius 2 is 1.97 bits per heavy atom. The van der Waals surface area contributed by atoms with Gasteiger partial charge in [-0.05, 0) is 73.7 Å². The summed E-state index contributed by atoms with van der Waals surface area (Å²) in [7, 11) is 0. The first kappa shape index (κ1) is 22.7. The van der Waals surface area contributed by atoms with E-state index in [4.69, 9.17) is 9.40 Å². The standard InChI is InChI=1S/C26H26N4O3S/c31-23-14-26(32)34-24(23)13-20-8-10-27-25(30-20)12-17-4-6-19(7-5-17)28-15-21-2-1-3-22(29-21)18-9-11-33-16-18/h1-3,8-11,13,16-17,19,28H,4-7,12,14-15H2/b24-13-. The molecule has 3 aromatic rings. The smallest absolute Gasteiger partial charge is 0.201 e. The van der Waals surface area contributed by atoms with Crippen LogP contribution in [0, 0.1) is 5.92 Å². The van der Waals surface area contributed by atoms with Gasteiger partial charge in [-0.3, -0.25) is 14.6 Å². The molecule has 7 nitrogen and oxygen atoms in total. The van der Waals surface area contributed by atoms with Crippen molar-refractivity contribution < 1.29 is 14.0 Å². The second-order valence-electron chi connectivity index (χ2n) is 8.81. The minimum atomic E-state index is -0.121. The molecule has 1 saturated heterocycles. The van der Waals surface area contributed by atoms with Crippen LogP contribution in [0.4, 0.5) is 0 Å². The van der Waals surface area contributed by atoms with Crippen molar-refractivity contribution in [3.63, 3.8) is 0 Å². The third-order valence-electron chi connectivity index (χ3n) is 6.32. The number of carbonyl (C=O) groups is 2. The lowest BCUT2D eigenvalue weighted by molar-refractivity contribution is -0.119. The number of Topliss-reactive ketones (excluding diaryl/α,β-unsaturated/α-hetero) is 1. The summed E-state index contributed by atoms with van der Waals surface area (Å²) < 4.78 is 5.17. The van der Waals surface area contributed by atoms with Gasteiger partial charge >= 0.3 is 0 Å². The molecular weight excluding hydrogens is 448 g/mol. The van der Waals surface area contributed by atoms with Crippen LogP contribution < -0.4 is 5.32 Å². The molecule has 4 heterocycles. The number of pyridine rings is 1. The molecule has 5 rings (SSSR count). The Kier molecular flexibility index (Phi) is 6.97. The fraction of sp³-hybridized carbons (Fsp3) is 0.346. The zero-order chi connectivity index (χ0) is 23.3. The van der Waals surface area contributed by atoms with Crippen molar-refractivity contribution in [1.82, 2.24) is 20.3 Å². The zero-order valence-electron chi connectivity index (χ0n) is 18.8. The van der Waals surface area contributed by atoms with E-state index in [1.807, 2.05) is 18.2 Å². The highest BCUT2D eigenvalue weighted by Gasteiger charge is 2.26. The first-order valence-electron chi connectivity index (χ1n) is 11.6. The maximum Gasteiger partial charge on any atom is 0.201 e. The molecule has 1 saturated carbocycles. The van der Waals surface area contributed by atoms with Crippen molar-refractivity contribution in [1.29, 1.82) is 0 Å². The Morgan fingerprint density at radius 3 is 2.74 bits per heavy atom. The summed E-state index contributed by atoms with van der Waals surface area (Å²) >= 11 is 1.01. The normalized spacial score (nSPS) is 21.9. The van der Waals surface area contributed by atoms with Gasteiger partial charge in [0.25, 0.3) is 0 Å². The summed E-state index contributed by atoms with van der Waals surface area (Å²) in [6.07, 6.45) is 12.1. The molecule has 34 heavy (non-hydrogen) atoms. The van der Waals surface area contributed by atoms with Crippen LogP contribution in [0.2, 0.25) is 0 Å². The number of furan rings is 1. The number of hydrogen-bond donors (Lipinski definition) is 1. The van der Waals surface area contributed by atoms with E-state index < -0.39 is 0 Å². The zero-order valence-corrected chi connectivity index (χ0v) is 19.6. The van der Waals surface area contributed by atoms with Gasteiger partial charge in [-0.15, -0.1) is 0 Å². The number of carbonyl (C=O) groups excluding carboxylic acids is 2. The molecule has 0 unspecified atom stereocenters. The number of nitrogens with one attached hydrogen (secondary N) is 1. The number of aromatic nitrogens is 3. The van der Waals surface area contributed by atoms with E-state index in [9.17, 15) is 9.59 Å². The molecule has 0 aromatic carbocycles. The molecule has 2 fully saturated rings. The van der Waals surface area contributed by atoms with Crippen molar-refractivity contribution in [3.05, 3.63) is 71.2 Å². The highest BCUT2D eigenvalue weighted by atomic mass is 32.2. The average Bonchev–Trinajstić information content (AvgIpc) is 3.49. The molecule has 2 aliphatic rings. The van der Waals surface area contributed by atoms with Crippen LogP contribution in [-0.2, 0) is 22.6 Å². The maximum atomic E-state index is 11.9. The van der Waals surface area contributed by atoms with Crippen molar-refractivity contribution in [2.45, 2.75) is 51.1 Å². The van der Waals surface area contributed by atoms with Gasteiger partial charge < -0.3 is 9.73 Å². The fourth-order valence-corrected chi connectivity index (χ4v) is 5.31. The van der Waals surface area contributed by atoms with Crippen molar-refractivity contribution in [2.75, 3.05) is 0 Å². The highest BCUT2D eigenvalue weighted by Crippen LogP contribution is 2.31. The topological polar surface area (TPSA) is 98.0 Å². The number of thioether (sulfide) groups is 1. The minimum Gasteiger partial charge on any atom is -0.472 e. The van der Waals surface area contributed by atoms with E-state index in [0.29, 0.717) is 22.6 Å². The van der Waals surface area contributed by atoms with E-state index >= 15 is 0 Å². The Morgan fingerprint density at radius 1 is 1.09 bits per heavy atom. The Balaban J connectivity index is 1.11. The second-order valence-corrected chi connectivity index (χ2v) is 9.91. The van der Waals surface area contributed by atoms with Crippen LogP contribution in [0.25, 0.3) is 17.3 Å². The molecule has 1 aliphatic carbocycles. The van der Waals surface area contributed by atoms with E-state index in [2.05, 4.69) is 21.4 Å². The lowest BCUT2D eigenvalue weighted by atomic mass is 9.84. The number of rotatable bonds is 7. The molecular formula is C26H26N4O3S. The molecule has 1 aliphatic heterocycles. The van der Waals surface area contributed by atoms with Gasteiger partial charge in [0, 0.05) is 30.8 Å². The number of ketones is 1. The van der Waals surface area contributed by atoms with Crippen LogP contribution in [0.5, 0.6) is 0 Å². The van der Waals surface area contributed by atoms with Crippen LogP contribution in [0.1, 0.15) is 49.3 Å². The van der Waals surface area contributed by atoms with Gasteiger partial charge in [-0.25, -0.2) is 9.97 Å². The number of nitrogens with zero attached hydrogens (tertiary/aromatic N) is 3. The molecule has 0 radical (unpaired) electrons. The van der Waals surface area contributed by atoms with Gasteiger partial charge in [-0.1, -0.05) is 6.07 Å². The second kappa shape index (κ2) is 10.4. The van der Waals surface area contributed by atoms with Crippen molar-refractivity contribution in [2.24, 2.45) is 5.92 Å². The van der Waals surface area contributed by atoms with E-state index in [1.54, 1.807) is 30.9 Å². The molecule has 0 atom stereocenters. The largest absolute Gasteiger partial charge is 0.472 e. The van der Waals surface area contributed by atoms with Crippen molar-refractivity contribution in [3.8, 4) is 11.3 Å². The maximum absolute atomic E-state index is 11.9. The van der Waals surface area contributed by atoms with Crippen LogP contribution in [-0.4, -0.2) is 31.9 Å². The SMILES string of the molecule is O=C1CC(=O)/C(=C/c2ccnc(CC3CCC(NCc4cccc(-c5ccoc5)n4)CC3)n2)S1. The van der Waals surface area contributed by atoms with Crippen LogP contribution in [0.15, 0.2) is 58.4 Å². The van der Waals surface area contributed by atoms with Gasteiger partial charge in [0.05, 0.1) is 40.9 Å². The fourth-order valence-electron chi connectivity index (χ4n) is 4.50.